The number of amides is 1. The van der Waals surface area contributed by atoms with Gasteiger partial charge in [-0.2, -0.15) is 0 Å². The van der Waals surface area contributed by atoms with Crippen LogP contribution >= 0.6 is 0 Å². The number of nitrogens with one attached hydrogen (secondary N) is 2. The molecule has 1 unspecified atom stereocenters. The van der Waals surface area contributed by atoms with Gasteiger partial charge in [0.25, 0.3) is 0 Å². The predicted octanol–water partition coefficient (Wildman–Crippen LogP) is 0.0704. The number of carbonyl (C=O) groups is 2. The van der Waals surface area contributed by atoms with Crippen LogP contribution in [0.5, 0.6) is 0 Å². The minimum absolute atomic E-state index is 0.104. The van der Waals surface area contributed by atoms with E-state index in [1.54, 1.807) is 14.0 Å². The number of methoxy groups -OCH3 is 1. The van der Waals surface area contributed by atoms with Crippen LogP contribution in [-0.4, -0.2) is 51.3 Å². The van der Waals surface area contributed by atoms with Crippen LogP contribution in [0, 0.1) is 0 Å². The lowest BCUT2D eigenvalue weighted by atomic mass is 10.1. The normalized spacial score (nSPS) is 11.9. The molecule has 6 nitrogen and oxygen atoms in total. The number of hydrogen-bond acceptors (Lipinski definition) is 5. The van der Waals surface area contributed by atoms with E-state index in [1.165, 1.54) is 0 Å². The Morgan fingerprint density at radius 3 is 2.56 bits per heavy atom. The van der Waals surface area contributed by atoms with Crippen LogP contribution in [-0.2, 0) is 19.1 Å². The maximum absolute atomic E-state index is 11.6. The van der Waals surface area contributed by atoms with Gasteiger partial charge in [-0.1, -0.05) is 13.3 Å². The van der Waals surface area contributed by atoms with Crippen LogP contribution in [0.2, 0.25) is 0 Å². The van der Waals surface area contributed by atoms with E-state index >= 15 is 0 Å². The summed E-state index contributed by atoms with van der Waals surface area (Å²) in [5, 5.41) is 5.58. The van der Waals surface area contributed by atoms with Crippen molar-refractivity contribution in [2.75, 3.05) is 33.4 Å². The second kappa shape index (κ2) is 11.0. The van der Waals surface area contributed by atoms with Gasteiger partial charge in [-0.3, -0.25) is 14.9 Å². The summed E-state index contributed by atoms with van der Waals surface area (Å²) < 4.78 is 9.75. The van der Waals surface area contributed by atoms with Crippen LogP contribution in [0.1, 0.15) is 26.7 Å². The monoisotopic (exact) mass is 260 g/mol. The van der Waals surface area contributed by atoms with Gasteiger partial charge in [-0.15, -0.1) is 0 Å². The number of ether oxygens (including phenoxy) is 2. The zero-order valence-corrected chi connectivity index (χ0v) is 11.5. The van der Waals surface area contributed by atoms with E-state index in [2.05, 4.69) is 10.6 Å². The Hall–Kier alpha value is -1.14. The molecule has 18 heavy (non-hydrogen) atoms. The molecular formula is C12H24N2O4. The number of rotatable bonds is 10. The maximum atomic E-state index is 11.6. The molecule has 0 aromatic rings. The summed E-state index contributed by atoms with van der Waals surface area (Å²) in [6, 6.07) is -0.414. The highest BCUT2D eigenvalue weighted by Crippen LogP contribution is 1.99. The van der Waals surface area contributed by atoms with Gasteiger partial charge in [0.05, 0.1) is 19.8 Å². The molecular weight excluding hydrogens is 236 g/mol. The minimum atomic E-state index is -0.414. The first-order chi connectivity index (χ1) is 8.65. The van der Waals surface area contributed by atoms with Gasteiger partial charge in [-0.25, -0.2) is 0 Å². The fourth-order valence-corrected chi connectivity index (χ4v) is 1.41. The van der Waals surface area contributed by atoms with Crippen LogP contribution in [0.25, 0.3) is 0 Å². The van der Waals surface area contributed by atoms with Gasteiger partial charge >= 0.3 is 5.97 Å². The highest BCUT2D eigenvalue weighted by atomic mass is 16.5. The summed E-state index contributed by atoms with van der Waals surface area (Å²) in [6.07, 6.45) is 1.51. The van der Waals surface area contributed by atoms with E-state index in [9.17, 15) is 9.59 Å². The van der Waals surface area contributed by atoms with E-state index in [0.29, 0.717) is 26.2 Å². The Morgan fingerprint density at radius 2 is 2.00 bits per heavy atom. The molecule has 0 fully saturated rings. The first kappa shape index (κ1) is 16.9. The molecule has 6 heteroatoms. The SMILES string of the molecule is CCCC(NCC(=O)NCCOC)C(=O)OCC. The molecule has 0 aliphatic heterocycles. The van der Waals surface area contributed by atoms with Crippen molar-refractivity contribution < 1.29 is 19.1 Å². The Kier molecular flexibility index (Phi) is 10.3. The van der Waals surface area contributed by atoms with Crippen molar-refractivity contribution >= 4 is 11.9 Å². The second-order valence-corrected chi connectivity index (χ2v) is 3.82. The molecule has 0 radical (unpaired) electrons. The van der Waals surface area contributed by atoms with Gasteiger partial charge in [0.1, 0.15) is 6.04 Å². The predicted molar refractivity (Wildman–Crippen MR) is 68.2 cm³/mol. The van der Waals surface area contributed by atoms with E-state index in [-0.39, 0.29) is 18.4 Å². The molecule has 106 valence electrons. The molecule has 0 rings (SSSR count). The molecule has 0 aliphatic carbocycles. The summed E-state index contributed by atoms with van der Waals surface area (Å²) in [6.45, 7) is 5.13. The summed E-state index contributed by atoms with van der Waals surface area (Å²) in [5.41, 5.74) is 0. The fourth-order valence-electron chi connectivity index (χ4n) is 1.41. The van der Waals surface area contributed by atoms with Crippen molar-refractivity contribution in [1.82, 2.24) is 10.6 Å². The van der Waals surface area contributed by atoms with E-state index in [4.69, 9.17) is 9.47 Å². The third-order valence-corrected chi connectivity index (χ3v) is 2.29. The molecule has 0 saturated heterocycles. The number of esters is 1. The Bertz CT molecular complexity index is 246. The van der Waals surface area contributed by atoms with Gasteiger partial charge in [0, 0.05) is 13.7 Å². The third kappa shape index (κ3) is 8.03. The highest BCUT2D eigenvalue weighted by molar-refractivity contribution is 5.80. The minimum Gasteiger partial charge on any atom is -0.465 e. The Morgan fingerprint density at radius 1 is 1.28 bits per heavy atom. The van der Waals surface area contributed by atoms with E-state index < -0.39 is 6.04 Å². The largest absolute Gasteiger partial charge is 0.465 e. The van der Waals surface area contributed by atoms with E-state index in [0.717, 1.165) is 6.42 Å². The Balaban J connectivity index is 3.94. The van der Waals surface area contributed by atoms with Gasteiger partial charge in [-0.05, 0) is 13.3 Å². The average molecular weight is 260 g/mol. The van der Waals surface area contributed by atoms with Crippen LogP contribution in [0.3, 0.4) is 0 Å². The van der Waals surface area contributed by atoms with Gasteiger partial charge < -0.3 is 14.8 Å². The third-order valence-electron chi connectivity index (χ3n) is 2.29. The molecule has 0 bridgehead atoms. The second-order valence-electron chi connectivity index (χ2n) is 3.82. The first-order valence-electron chi connectivity index (χ1n) is 6.31. The van der Waals surface area contributed by atoms with Crippen molar-refractivity contribution in [2.45, 2.75) is 32.7 Å². The van der Waals surface area contributed by atoms with Crippen LogP contribution in [0.15, 0.2) is 0 Å². The van der Waals surface area contributed by atoms with Crippen molar-refractivity contribution in [2.24, 2.45) is 0 Å². The average Bonchev–Trinajstić information content (AvgIpc) is 2.35. The zero-order valence-electron chi connectivity index (χ0n) is 11.5. The smallest absolute Gasteiger partial charge is 0.323 e. The number of hydrogen-bond donors (Lipinski definition) is 2. The molecule has 1 atom stereocenters. The lowest BCUT2D eigenvalue weighted by Gasteiger charge is -2.16. The molecule has 0 aliphatic rings. The summed E-state index contributed by atoms with van der Waals surface area (Å²) >= 11 is 0. The van der Waals surface area contributed by atoms with E-state index in [1.807, 2.05) is 6.92 Å². The van der Waals surface area contributed by atoms with Crippen molar-refractivity contribution in [3.63, 3.8) is 0 Å². The Labute approximate surface area is 108 Å². The van der Waals surface area contributed by atoms with Crippen LogP contribution < -0.4 is 10.6 Å². The van der Waals surface area contributed by atoms with Crippen molar-refractivity contribution in [3.05, 3.63) is 0 Å². The van der Waals surface area contributed by atoms with Crippen molar-refractivity contribution in [1.29, 1.82) is 0 Å². The lowest BCUT2D eigenvalue weighted by molar-refractivity contribution is -0.145. The topological polar surface area (TPSA) is 76.7 Å². The summed E-state index contributed by atoms with van der Waals surface area (Å²) in [4.78, 5) is 23.0. The molecule has 0 aromatic carbocycles. The zero-order chi connectivity index (χ0) is 13.8. The summed E-state index contributed by atoms with van der Waals surface area (Å²) in [7, 11) is 1.57. The first-order valence-corrected chi connectivity index (χ1v) is 6.31. The standard InChI is InChI=1S/C12H24N2O4/c1-4-6-10(12(16)18-5-2)14-9-11(15)13-7-8-17-3/h10,14H,4-9H2,1-3H3,(H,13,15). The molecule has 0 saturated carbocycles. The highest BCUT2D eigenvalue weighted by Gasteiger charge is 2.18. The summed E-state index contributed by atoms with van der Waals surface area (Å²) in [5.74, 6) is -0.457. The molecule has 1 amide bonds. The lowest BCUT2D eigenvalue weighted by Crippen LogP contribution is -2.44. The molecule has 0 heterocycles. The van der Waals surface area contributed by atoms with Gasteiger partial charge in [0.2, 0.25) is 5.91 Å². The maximum Gasteiger partial charge on any atom is 0.323 e. The molecule has 2 N–H and O–H groups in total. The fraction of sp³-hybridized carbons (Fsp3) is 0.833. The number of carbonyl (C=O) groups excluding carboxylic acids is 2. The van der Waals surface area contributed by atoms with Gasteiger partial charge in [0.15, 0.2) is 0 Å². The van der Waals surface area contributed by atoms with Crippen molar-refractivity contribution in [3.8, 4) is 0 Å². The van der Waals surface area contributed by atoms with Crippen LogP contribution in [0.4, 0.5) is 0 Å². The quantitative estimate of drug-likeness (QED) is 0.429. The molecule has 0 aromatic heterocycles. The molecule has 0 spiro atoms.